The van der Waals surface area contributed by atoms with Crippen LogP contribution in [0.25, 0.3) is 0 Å². The van der Waals surface area contributed by atoms with Crippen LogP contribution in [0.3, 0.4) is 0 Å². The number of hydrogen-bond donors (Lipinski definition) is 0. The number of rotatable bonds is 5. The summed E-state index contributed by atoms with van der Waals surface area (Å²) in [4.78, 5) is 49.6. The van der Waals surface area contributed by atoms with Crippen LogP contribution in [-0.4, -0.2) is 94.3 Å². The van der Waals surface area contributed by atoms with Crippen molar-refractivity contribution in [2.45, 2.75) is 58.0 Å². The normalized spacial score (nSPS) is 21.5. The van der Waals surface area contributed by atoms with Crippen LogP contribution in [-0.2, 0) is 16.5 Å². The number of aromatic nitrogens is 2. The molecule has 0 bridgehead atoms. The number of aliphatic imine (C=N–C) groups is 1. The van der Waals surface area contributed by atoms with Crippen LogP contribution in [0.2, 0.25) is 10.0 Å². The highest BCUT2D eigenvalue weighted by atomic mass is 35.5. The number of piperazine rings is 1. The smallest absolute Gasteiger partial charge is 0.326 e. The number of carbonyl (C=O) groups excluding carboxylic acids is 2. The van der Waals surface area contributed by atoms with Crippen LogP contribution in [0.5, 0.6) is 5.88 Å². The van der Waals surface area contributed by atoms with Gasteiger partial charge in [0.2, 0.25) is 5.88 Å². The monoisotopic (exact) mass is 679 g/mol. The summed E-state index contributed by atoms with van der Waals surface area (Å²) in [5, 5.41) is 1.17. The molecule has 1 fully saturated rings. The fourth-order valence-electron chi connectivity index (χ4n) is 6.21. The van der Waals surface area contributed by atoms with Crippen molar-refractivity contribution in [1.82, 2.24) is 29.6 Å². The molecule has 3 aromatic rings. The number of hydrogen-bond acceptors (Lipinski definition) is 6. The van der Waals surface area contributed by atoms with E-state index in [-0.39, 0.29) is 17.5 Å². The predicted molar refractivity (Wildman–Crippen MR) is 186 cm³/mol. The Morgan fingerprint density at radius 3 is 1.94 bits per heavy atom. The second kappa shape index (κ2) is 13.0. The van der Waals surface area contributed by atoms with Gasteiger partial charge in [-0.25, -0.2) is 14.6 Å². The maximum atomic E-state index is 15.0. The van der Waals surface area contributed by atoms with Gasteiger partial charge in [0, 0.05) is 61.9 Å². The summed E-state index contributed by atoms with van der Waals surface area (Å²) in [6.07, 6.45) is 1.71. The SMILES string of the molecule is CCOc1nc(C(C)(C)C)ncc1C1=NC(C)(c2ccc(Cl)cc2)C(C)(c2ccc(Cl)cc2)N1C(=O)N1CCN(C(=O)N(C)C)CC1. The third kappa shape index (κ3) is 6.25. The van der Waals surface area contributed by atoms with E-state index in [1.165, 1.54) is 0 Å². The molecule has 2 unspecified atom stereocenters. The zero-order chi connectivity index (χ0) is 34.3. The number of halogens is 2. The number of amidine groups is 1. The van der Waals surface area contributed by atoms with E-state index < -0.39 is 11.1 Å². The van der Waals surface area contributed by atoms with E-state index >= 15 is 4.79 Å². The van der Waals surface area contributed by atoms with Crippen LogP contribution in [0.15, 0.2) is 59.7 Å². The van der Waals surface area contributed by atoms with Crippen molar-refractivity contribution in [2.75, 3.05) is 46.9 Å². The Morgan fingerprint density at radius 1 is 0.894 bits per heavy atom. The second-order valence-electron chi connectivity index (χ2n) is 13.5. The minimum atomic E-state index is -1.07. The Bertz CT molecular complexity index is 1670. The molecule has 2 aliphatic rings. The van der Waals surface area contributed by atoms with Crippen molar-refractivity contribution in [1.29, 1.82) is 0 Å². The van der Waals surface area contributed by atoms with Gasteiger partial charge in [-0.3, -0.25) is 9.89 Å². The zero-order valence-electron chi connectivity index (χ0n) is 28.3. The van der Waals surface area contributed by atoms with Gasteiger partial charge in [-0.05, 0) is 56.2 Å². The van der Waals surface area contributed by atoms with Crippen molar-refractivity contribution < 1.29 is 14.3 Å². The summed E-state index contributed by atoms with van der Waals surface area (Å²) in [5.74, 6) is 1.36. The molecule has 12 heteroatoms. The largest absolute Gasteiger partial charge is 0.477 e. The highest BCUT2D eigenvalue weighted by Crippen LogP contribution is 2.54. The summed E-state index contributed by atoms with van der Waals surface area (Å²) >= 11 is 12.7. The average molecular weight is 681 g/mol. The number of urea groups is 2. The van der Waals surface area contributed by atoms with E-state index in [0.29, 0.717) is 65.9 Å². The van der Waals surface area contributed by atoms with Gasteiger partial charge in [-0.15, -0.1) is 0 Å². The molecule has 3 heterocycles. The molecule has 250 valence electrons. The fraction of sp³-hybridized carbons (Fsp3) is 0.457. The van der Waals surface area contributed by atoms with Gasteiger partial charge in [0.15, 0.2) is 0 Å². The van der Waals surface area contributed by atoms with Crippen LogP contribution in [0.1, 0.15) is 64.1 Å². The second-order valence-corrected chi connectivity index (χ2v) is 14.3. The third-order valence-electron chi connectivity index (χ3n) is 9.09. The maximum Gasteiger partial charge on any atom is 0.326 e. The van der Waals surface area contributed by atoms with E-state index in [4.69, 9.17) is 42.9 Å². The first-order chi connectivity index (χ1) is 22.1. The van der Waals surface area contributed by atoms with Crippen molar-refractivity contribution in [2.24, 2.45) is 4.99 Å². The first kappa shape index (κ1) is 34.4. The van der Waals surface area contributed by atoms with Gasteiger partial charge in [-0.2, -0.15) is 4.98 Å². The van der Waals surface area contributed by atoms with Crippen molar-refractivity contribution in [3.8, 4) is 5.88 Å². The molecule has 0 saturated carbocycles. The fourth-order valence-corrected chi connectivity index (χ4v) is 6.46. The maximum absolute atomic E-state index is 15.0. The topological polar surface area (TPSA) is 94.5 Å². The molecule has 0 spiro atoms. The molecular weight excluding hydrogens is 637 g/mol. The number of ether oxygens (including phenoxy) is 1. The summed E-state index contributed by atoms with van der Waals surface area (Å²) in [5.41, 5.74) is -0.216. The van der Waals surface area contributed by atoms with Gasteiger partial charge < -0.3 is 19.4 Å². The molecule has 47 heavy (non-hydrogen) atoms. The van der Waals surface area contributed by atoms with Crippen LogP contribution in [0.4, 0.5) is 9.59 Å². The van der Waals surface area contributed by atoms with Crippen LogP contribution in [0, 0.1) is 0 Å². The minimum absolute atomic E-state index is 0.0840. The average Bonchev–Trinajstić information content (AvgIpc) is 3.28. The van der Waals surface area contributed by atoms with E-state index in [9.17, 15) is 4.79 Å². The van der Waals surface area contributed by atoms with Gasteiger partial charge >= 0.3 is 12.1 Å². The zero-order valence-corrected chi connectivity index (χ0v) is 29.9. The molecule has 0 N–H and O–H groups in total. The molecule has 5 rings (SSSR count). The lowest BCUT2D eigenvalue weighted by Crippen LogP contribution is -2.61. The Balaban J connectivity index is 1.73. The quantitative estimate of drug-likeness (QED) is 0.296. The standard InChI is InChI=1S/C35H43Cl2N7O3/c1-9-47-29-27(22-38-30(39-29)33(2,3)4)28-40-34(5,23-10-14-25(36)15-11-23)35(6,24-12-16-26(37)17-13-24)44(28)32(46)43-20-18-42(19-21-43)31(45)41(7)8/h10-17,22H,9,18-21H2,1-8H3. The molecular formula is C35H43Cl2N7O3. The molecule has 0 aliphatic carbocycles. The third-order valence-corrected chi connectivity index (χ3v) is 9.59. The van der Waals surface area contributed by atoms with E-state index in [1.807, 2.05) is 90.1 Å². The molecule has 10 nitrogen and oxygen atoms in total. The Morgan fingerprint density at radius 2 is 1.43 bits per heavy atom. The lowest BCUT2D eigenvalue weighted by atomic mass is 9.71. The molecule has 2 aliphatic heterocycles. The molecule has 1 saturated heterocycles. The van der Waals surface area contributed by atoms with E-state index in [2.05, 4.69) is 0 Å². The van der Waals surface area contributed by atoms with Gasteiger partial charge in [-0.1, -0.05) is 68.2 Å². The Kier molecular flexibility index (Phi) is 9.50. The lowest BCUT2D eigenvalue weighted by molar-refractivity contribution is 0.0878. The summed E-state index contributed by atoms with van der Waals surface area (Å²) in [7, 11) is 3.45. The highest BCUT2D eigenvalue weighted by molar-refractivity contribution is 6.30. The van der Waals surface area contributed by atoms with Gasteiger partial charge in [0.05, 0.1) is 12.2 Å². The predicted octanol–water partition coefficient (Wildman–Crippen LogP) is 6.79. The van der Waals surface area contributed by atoms with Gasteiger partial charge in [0.1, 0.15) is 22.7 Å². The summed E-state index contributed by atoms with van der Waals surface area (Å²) in [6, 6.07) is 14.7. The molecule has 0 radical (unpaired) electrons. The number of benzene rings is 2. The number of carbonyl (C=O) groups is 2. The van der Waals surface area contributed by atoms with Crippen molar-refractivity contribution in [3.05, 3.63) is 87.3 Å². The van der Waals surface area contributed by atoms with Crippen molar-refractivity contribution >= 4 is 41.1 Å². The van der Waals surface area contributed by atoms with E-state index in [1.54, 1.807) is 39.9 Å². The molecule has 1 aromatic heterocycles. The molecule has 2 aromatic carbocycles. The minimum Gasteiger partial charge on any atom is -0.477 e. The Hall–Kier alpha value is -3.89. The molecule has 4 amide bonds. The van der Waals surface area contributed by atoms with Gasteiger partial charge in [0.25, 0.3) is 0 Å². The first-order valence-corrected chi connectivity index (χ1v) is 16.6. The first-order valence-electron chi connectivity index (χ1n) is 15.8. The van der Waals surface area contributed by atoms with Crippen LogP contribution < -0.4 is 4.74 Å². The number of amides is 4. The summed E-state index contributed by atoms with van der Waals surface area (Å²) in [6.45, 7) is 13.9. The highest BCUT2D eigenvalue weighted by Gasteiger charge is 2.60. The van der Waals surface area contributed by atoms with Crippen LogP contribution >= 0.6 is 23.2 Å². The Labute approximate surface area is 287 Å². The van der Waals surface area contributed by atoms with E-state index in [0.717, 1.165) is 11.1 Å². The lowest BCUT2D eigenvalue weighted by Gasteiger charge is -2.47. The van der Waals surface area contributed by atoms with Crippen molar-refractivity contribution in [3.63, 3.8) is 0 Å². The number of nitrogens with zero attached hydrogens (tertiary/aromatic N) is 7. The summed E-state index contributed by atoms with van der Waals surface area (Å²) < 4.78 is 6.13. The molecule has 2 atom stereocenters.